The summed E-state index contributed by atoms with van der Waals surface area (Å²) in [6.07, 6.45) is 1.06. The molecule has 0 aliphatic rings. The number of rotatable bonds is 3. The summed E-state index contributed by atoms with van der Waals surface area (Å²) in [7, 11) is -3.24. The average molecular weight is 297 g/mol. The number of ketones is 1. The summed E-state index contributed by atoms with van der Waals surface area (Å²) >= 11 is 4.67. The summed E-state index contributed by atoms with van der Waals surface area (Å²) in [6.45, 7) is 1.80. The third kappa shape index (κ3) is 3.18. The van der Waals surface area contributed by atoms with E-state index in [2.05, 4.69) is 15.9 Å². The van der Waals surface area contributed by atoms with Gasteiger partial charge in [0.05, 0.1) is 3.79 Å². The highest BCUT2D eigenvalue weighted by Gasteiger charge is 2.17. The SMILES string of the molecule is Cc1sc(Br)cc1C(=O)CS(C)(=O)=O. The van der Waals surface area contributed by atoms with Gasteiger partial charge in [-0.15, -0.1) is 11.3 Å². The lowest BCUT2D eigenvalue weighted by molar-refractivity contribution is 0.102. The monoisotopic (exact) mass is 296 g/mol. The van der Waals surface area contributed by atoms with Crippen LogP contribution in [-0.4, -0.2) is 26.2 Å². The van der Waals surface area contributed by atoms with Crippen molar-refractivity contribution in [1.82, 2.24) is 0 Å². The molecule has 1 rings (SSSR count). The van der Waals surface area contributed by atoms with Gasteiger partial charge < -0.3 is 0 Å². The van der Waals surface area contributed by atoms with Crippen LogP contribution in [0.25, 0.3) is 0 Å². The first-order chi connectivity index (χ1) is 6.29. The summed E-state index contributed by atoms with van der Waals surface area (Å²) in [5.74, 6) is -0.760. The molecule has 0 saturated carbocycles. The highest BCUT2D eigenvalue weighted by molar-refractivity contribution is 9.11. The van der Waals surface area contributed by atoms with Gasteiger partial charge in [-0.3, -0.25) is 4.79 Å². The van der Waals surface area contributed by atoms with E-state index < -0.39 is 15.6 Å². The van der Waals surface area contributed by atoms with Crippen molar-refractivity contribution in [3.05, 3.63) is 20.3 Å². The molecule has 1 aromatic heterocycles. The zero-order valence-corrected chi connectivity index (χ0v) is 10.9. The van der Waals surface area contributed by atoms with Crippen molar-refractivity contribution in [1.29, 1.82) is 0 Å². The maximum absolute atomic E-state index is 11.5. The number of thiophene rings is 1. The smallest absolute Gasteiger partial charge is 0.178 e. The molecule has 1 heterocycles. The summed E-state index contributed by atoms with van der Waals surface area (Å²) in [5, 5.41) is 0. The van der Waals surface area contributed by atoms with Crippen molar-refractivity contribution >= 4 is 42.9 Å². The lowest BCUT2D eigenvalue weighted by atomic mass is 10.2. The number of Topliss-reactive ketones (excluding diaryl/α,β-unsaturated/α-hetero) is 1. The molecule has 0 fully saturated rings. The molecule has 0 saturated heterocycles. The molecule has 0 radical (unpaired) electrons. The fraction of sp³-hybridized carbons (Fsp3) is 0.375. The van der Waals surface area contributed by atoms with Crippen molar-refractivity contribution in [3.63, 3.8) is 0 Å². The number of carbonyl (C=O) groups is 1. The van der Waals surface area contributed by atoms with E-state index in [1.807, 2.05) is 0 Å². The highest BCUT2D eigenvalue weighted by Crippen LogP contribution is 2.26. The molecule has 78 valence electrons. The Morgan fingerprint density at radius 2 is 2.14 bits per heavy atom. The van der Waals surface area contributed by atoms with Crippen LogP contribution >= 0.6 is 27.3 Å². The minimum Gasteiger partial charge on any atom is -0.293 e. The molecular formula is C8H9BrO3S2. The first-order valence-electron chi connectivity index (χ1n) is 3.76. The van der Waals surface area contributed by atoms with Gasteiger partial charge in [0.15, 0.2) is 15.6 Å². The molecule has 0 amide bonds. The first kappa shape index (κ1) is 11.9. The Hall–Kier alpha value is -0.200. The van der Waals surface area contributed by atoms with E-state index in [0.29, 0.717) is 5.56 Å². The first-order valence-corrected chi connectivity index (χ1v) is 7.43. The van der Waals surface area contributed by atoms with Crippen LogP contribution in [0.3, 0.4) is 0 Å². The standard InChI is InChI=1S/C8H9BrO3S2/c1-5-6(3-8(9)13-5)7(10)4-14(2,11)12/h3H,4H2,1-2H3. The van der Waals surface area contributed by atoms with Gasteiger partial charge in [0.25, 0.3) is 0 Å². The predicted octanol–water partition coefficient (Wildman–Crippen LogP) is 2.05. The van der Waals surface area contributed by atoms with Crippen molar-refractivity contribution in [2.24, 2.45) is 0 Å². The molecule has 0 N–H and O–H groups in total. The number of sulfone groups is 1. The van der Waals surface area contributed by atoms with Gasteiger partial charge in [0, 0.05) is 16.7 Å². The number of hydrogen-bond donors (Lipinski definition) is 0. The number of hydrogen-bond acceptors (Lipinski definition) is 4. The van der Waals surface area contributed by atoms with E-state index in [1.165, 1.54) is 11.3 Å². The third-order valence-electron chi connectivity index (χ3n) is 1.58. The van der Waals surface area contributed by atoms with Crippen LogP contribution in [0.4, 0.5) is 0 Å². The van der Waals surface area contributed by atoms with Gasteiger partial charge in [-0.25, -0.2) is 8.42 Å². The van der Waals surface area contributed by atoms with Gasteiger partial charge >= 0.3 is 0 Å². The summed E-state index contributed by atoms with van der Waals surface area (Å²) in [5.41, 5.74) is 0.493. The Bertz CT molecular complexity index is 459. The van der Waals surface area contributed by atoms with Gasteiger partial charge in [0.1, 0.15) is 5.75 Å². The second kappa shape index (κ2) is 4.12. The molecule has 14 heavy (non-hydrogen) atoms. The molecule has 6 heteroatoms. The molecular weight excluding hydrogens is 288 g/mol. The largest absolute Gasteiger partial charge is 0.293 e. The van der Waals surface area contributed by atoms with Crippen LogP contribution in [0.5, 0.6) is 0 Å². The summed E-state index contributed by atoms with van der Waals surface area (Å²) in [6, 6.07) is 1.66. The fourth-order valence-electron chi connectivity index (χ4n) is 1.04. The van der Waals surface area contributed by atoms with E-state index in [0.717, 1.165) is 14.9 Å². The molecule has 0 spiro atoms. The van der Waals surface area contributed by atoms with Gasteiger partial charge in [-0.2, -0.15) is 0 Å². The van der Waals surface area contributed by atoms with Crippen LogP contribution in [0, 0.1) is 6.92 Å². The van der Waals surface area contributed by atoms with E-state index in [1.54, 1.807) is 13.0 Å². The number of aryl methyl sites for hydroxylation is 1. The number of halogens is 1. The van der Waals surface area contributed by atoms with Crippen LogP contribution in [0.15, 0.2) is 9.85 Å². The molecule has 0 atom stereocenters. The Labute approximate surface area is 95.2 Å². The molecule has 0 aromatic carbocycles. The van der Waals surface area contributed by atoms with Gasteiger partial charge in [0.2, 0.25) is 0 Å². The Morgan fingerprint density at radius 3 is 2.50 bits per heavy atom. The Balaban J connectivity index is 2.96. The second-order valence-electron chi connectivity index (χ2n) is 3.01. The quantitative estimate of drug-likeness (QED) is 0.802. The maximum atomic E-state index is 11.5. The van der Waals surface area contributed by atoms with E-state index in [9.17, 15) is 13.2 Å². The predicted molar refractivity (Wildman–Crippen MR) is 60.8 cm³/mol. The Morgan fingerprint density at radius 1 is 1.57 bits per heavy atom. The van der Waals surface area contributed by atoms with E-state index in [4.69, 9.17) is 0 Å². The topological polar surface area (TPSA) is 51.2 Å². The van der Waals surface area contributed by atoms with E-state index in [-0.39, 0.29) is 5.78 Å². The average Bonchev–Trinajstić information content (AvgIpc) is 2.26. The zero-order valence-electron chi connectivity index (χ0n) is 7.70. The van der Waals surface area contributed by atoms with Crippen molar-refractivity contribution in [3.8, 4) is 0 Å². The normalized spacial score (nSPS) is 11.6. The van der Waals surface area contributed by atoms with Gasteiger partial charge in [-0.05, 0) is 28.9 Å². The summed E-state index contributed by atoms with van der Waals surface area (Å²) < 4.78 is 22.6. The van der Waals surface area contributed by atoms with E-state index >= 15 is 0 Å². The minimum atomic E-state index is -3.24. The molecule has 0 aliphatic carbocycles. The fourth-order valence-corrected chi connectivity index (χ4v) is 3.38. The molecule has 1 aromatic rings. The zero-order chi connectivity index (χ0) is 10.9. The lowest BCUT2D eigenvalue weighted by Crippen LogP contribution is -2.14. The van der Waals surface area contributed by atoms with Gasteiger partial charge in [-0.1, -0.05) is 0 Å². The molecule has 3 nitrogen and oxygen atoms in total. The minimum absolute atomic E-state index is 0.341. The van der Waals surface area contributed by atoms with Crippen molar-refractivity contribution in [2.75, 3.05) is 12.0 Å². The Kier molecular flexibility index (Phi) is 3.49. The third-order valence-corrected chi connectivity index (χ3v) is 3.92. The van der Waals surface area contributed by atoms with Crippen molar-refractivity contribution in [2.45, 2.75) is 6.92 Å². The van der Waals surface area contributed by atoms with Crippen LogP contribution in [0.2, 0.25) is 0 Å². The molecule has 0 aliphatic heterocycles. The molecule has 0 unspecified atom stereocenters. The summed E-state index contributed by atoms with van der Waals surface area (Å²) in [4.78, 5) is 12.3. The van der Waals surface area contributed by atoms with Crippen LogP contribution in [0.1, 0.15) is 15.2 Å². The highest BCUT2D eigenvalue weighted by atomic mass is 79.9. The maximum Gasteiger partial charge on any atom is 0.178 e. The second-order valence-corrected chi connectivity index (χ2v) is 7.79. The lowest BCUT2D eigenvalue weighted by Gasteiger charge is -1.97. The van der Waals surface area contributed by atoms with Crippen LogP contribution < -0.4 is 0 Å². The van der Waals surface area contributed by atoms with Crippen LogP contribution in [-0.2, 0) is 9.84 Å². The number of carbonyl (C=O) groups excluding carboxylic acids is 1. The molecule has 0 bridgehead atoms. The van der Waals surface area contributed by atoms with Crippen molar-refractivity contribution < 1.29 is 13.2 Å².